The van der Waals surface area contributed by atoms with Crippen LogP contribution in [0.25, 0.3) is 11.4 Å². The van der Waals surface area contributed by atoms with Crippen LogP contribution in [0.3, 0.4) is 0 Å². The van der Waals surface area contributed by atoms with Crippen molar-refractivity contribution in [2.75, 3.05) is 0 Å². The van der Waals surface area contributed by atoms with Crippen molar-refractivity contribution in [2.24, 2.45) is 11.7 Å². The van der Waals surface area contributed by atoms with Gasteiger partial charge < -0.3 is 10.3 Å². The van der Waals surface area contributed by atoms with E-state index in [1.54, 1.807) is 0 Å². The molecular formula is C15H21N3O. The normalized spacial score (nSPS) is 13.2. The fourth-order valence-electron chi connectivity index (χ4n) is 1.79. The average molecular weight is 259 g/mol. The third-order valence-corrected chi connectivity index (χ3v) is 3.28. The molecule has 0 amide bonds. The lowest BCUT2D eigenvalue weighted by Crippen LogP contribution is -2.16. The molecule has 0 aliphatic heterocycles. The smallest absolute Gasteiger partial charge is 0.244 e. The predicted octanol–water partition coefficient (Wildman–Crippen LogP) is 3.52. The summed E-state index contributed by atoms with van der Waals surface area (Å²) in [4.78, 5) is 4.37. The Hall–Kier alpha value is -1.68. The molecule has 0 saturated carbocycles. The maximum Gasteiger partial charge on any atom is 0.244 e. The number of benzene rings is 1. The second-order valence-electron chi connectivity index (χ2n) is 5.50. The standard InChI is InChI=1S/C15H21N3O/c1-9(2)11-5-7-12(8-6-11)14-17-15(19-18-14)13(16)10(3)4/h5-10,13H,16H2,1-4H3. The van der Waals surface area contributed by atoms with Crippen LogP contribution in [0.4, 0.5) is 0 Å². The van der Waals surface area contributed by atoms with Crippen molar-refractivity contribution in [3.8, 4) is 11.4 Å². The van der Waals surface area contributed by atoms with E-state index in [1.807, 2.05) is 26.0 Å². The summed E-state index contributed by atoms with van der Waals surface area (Å²) in [6.07, 6.45) is 0. The summed E-state index contributed by atoms with van der Waals surface area (Å²) in [5.41, 5.74) is 8.25. The van der Waals surface area contributed by atoms with Gasteiger partial charge >= 0.3 is 0 Å². The lowest BCUT2D eigenvalue weighted by atomic mass is 10.0. The first kappa shape index (κ1) is 13.7. The van der Waals surface area contributed by atoms with Gasteiger partial charge in [-0.3, -0.25) is 0 Å². The molecule has 1 aromatic carbocycles. The van der Waals surface area contributed by atoms with E-state index in [1.165, 1.54) is 5.56 Å². The van der Waals surface area contributed by atoms with Crippen LogP contribution in [-0.2, 0) is 0 Å². The lowest BCUT2D eigenvalue weighted by molar-refractivity contribution is 0.325. The van der Waals surface area contributed by atoms with Gasteiger partial charge in [0.15, 0.2) is 0 Å². The zero-order valence-electron chi connectivity index (χ0n) is 11.9. The Morgan fingerprint density at radius 2 is 1.68 bits per heavy atom. The first-order chi connectivity index (χ1) is 8.99. The van der Waals surface area contributed by atoms with Crippen molar-refractivity contribution in [1.82, 2.24) is 10.1 Å². The Morgan fingerprint density at radius 1 is 1.05 bits per heavy atom. The van der Waals surface area contributed by atoms with Gasteiger partial charge in [-0.1, -0.05) is 57.1 Å². The highest BCUT2D eigenvalue weighted by molar-refractivity contribution is 5.54. The molecule has 0 bridgehead atoms. The largest absolute Gasteiger partial charge is 0.337 e. The van der Waals surface area contributed by atoms with Crippen molar-refractivity contribution < 1.29 is 4.52 Å². The monoisotopic (exact) mass is 259 g/mol. The highest BCUT2D eigenvalue weighted by Gasteiger charge is 2.18. The summed E-state index contributed by atoms with van der Waals surface area (Å²) in [6.45, 7) is 8.41. The number of aromatic nitrogens is 2. The molecule has 1 atom stereocenters. The van der Waals surface area contributed by atoms with Gasteiger partial charge in [0.1, 0.15) is 0 Å². The molecule has 4 nitrogen and oxygen atoms in total. The molecular weight excluding hydrogens is 238 g/mol. The summed E-state index contributed by atoms with van der Waals surface area (Å²) in [5, 5.41) is 4.00. The zero-order chi connectivity index (χ0) is 14.0. The van der Waals surface area contributed by atoms with E-state index in [-0.39, 0.29) is 12.0 Å². The molecule has 1 unspecified atom stereocenters. The topological polar surface area (TPSA) is 64.9 Å². The van der Waals surface area contributed by atoms with Crippen LogP contribution in [0, 0.1) is 5.92 Å². The number of hydrogen-bond donors (Lipinski definition) is 1. The van der Waals surface area contributed by atoms with E-state index in [4.69, 9.17) is 10.3 Å². The molecule has 0 radical (unpaired) electrons. The second-order valence-corrected chi connectivity index (χ2v) is 5.50. The van der Waals surface area contributed by atoms with E-state index in [2.05, 4.69) is 36.1 Å². The Kier molecular flexibility index (Phi) is 4.00. The van der Waals surface area contributed by atoms with Gasteiger partial charge in [-0.05, 0) is 17.4 Å². The third-order valence-electron chi connectivity index (χ3n) is 3.28. The summed E-state index contributed by atoms with van der Waals surface area (Å²) < 4.78 is 5.23. The molecule has 0 aliphatic rings. The number of nitrogens with zero attached hydrogens (tertiary/aromatic N) is 2. The first-order valence-electron chi connectivity index (χ1n) is 6.68. The van der Waals surface area contributed by atoms with Gasteiger partial charge in [0, 0.05) is 5.56 Å². The minimum absolute atomic E-state index is 0.212. The SMILES string of the molecule is CC(C)c1ccc(-c2noc(C(N)C(C)C)n2)cc1. The molecule has 102 valence electrons. The molecule has 0 fully saturated rings. The minimum atomic E-state index is -0.212. The second kappa shape index (κ2) is 5.53. The van der Waals surface area contributed by atoms with E-state index < -0.39 is 0 Å². The third kappa shape index (κ3) is 3.01. The van der Waals surface area contributed by atoms with Gasteiger partial charge in [-0.2, -0.15) is 4.98 Å². The minimum Gasteiger partial charge on any atom is -0.337 e. The average Bonchev–Trinajstić information content (AvgIpc) is 2.87. The van der Waals surface area contributed by atoms with Crippen LogP contribution in [-0.4, -0.2) is 10.1 Å². The van der Waals surface area contributed by atoms with Crippen LogP contribution < -0.4 is 5.73 Å². The van der Waals surface area contributed by atoms with E-state index >= 15 is 0 Å². The molecule has 2 rings (SSSR count). The van der Waals surface area contributed by atoms with E-state index in [0.29, 0.717) is 17.6 Å². The van der Waals surface area contributed by atoms with Crippen LogP contribution in [0.5, 0.6) is 0 Å². The van der Waals surface area contributed by atoms with E-state index in [0.717, 1.165) is 5.56 Å². The van der Waals surface area contributed by atoms with Crippen LogP contribution in [0.15, 0.2) is 28.8 Å². The Balaban J connectivity index is 2.23. The maximum absolute atomic E-state index is 6.00. The van der Waals surface area contributed by atoms with Gasteiger partial charge in [-0.25, -0.2) is 0 Å². The molecule has 0 spiro atoms. The van der Waals surface area contributed by atoms with E-state index in [9.17, 15) is 0 Å². The fourth-order valence-corrected chi connectivity index (χ4v) is 1.79. The van der Waals surface area contributed by atoms with Crippen molar-refractivity contribution >= 4 is 0 Å². The number of hydrogen-bond acceptors (Lipinski definition) is 4. The molecule has 1 aromatic heterocycles. The highest BCUT2D eigenvalue weighted by Crippen LogP contribution is 2.23. The zero-order valence-corrected chi connectivity index (χ0v) is 11.9. The summed E-state index contributed by atoms with van der Waals surface area (Å²) in [7, 11) is 0. The Bertz CT molecular complexity index is 529. The Labute approximate surface area is 114 Å². The van der Waals surface area contributed by atoms with Crippen molar-refractivity contribution in [3.63, 3.8) is 0 Å². The molecule has 1 heterocycles. The fraction of sp³-hybridized carbons (Fsp3) is 0.467. The van der Waals surface area contributed by atoms with Crippen LogP contribution in [0.1, 0.15) is 51.1 Å². The molecule has 4 heteroatoms. The molecule has 0 aliphatic carbocycles. The van der Waals surface area contributed by atoms with Gasteiger partial charge in [0.2, 0.25) is 11.7 Å². The lowest BCUT2D eigenvalue weighted by Gasteiger charge is -2.09. The predicted molar refractivity (Wildman–Crippen MR) is 75.6 cm³/mol. The summed E-state index contributed by atoms with van der Waals surface area (Å²) in [6, 6.07) is 8.02. The maximum atomic E-state index is 6.00. The van der Waals surface area contributed by atoms with Crippen LogP contribution >= 0.6 is 0 Å². The molecule has 0 saturated heterocycles. The summed E-state index contributed by atoms with van der Waals surface area (Å²) in [5.74, 6) is 1.89. The molecule has 19 heavy (non-hydrogen) atoms. The summed E-state index contributed by atoms with van der Waals surface area (Å²) >= 11 is 0. The van der Waals surface area contributed by atoms with Crippen LogP contribution in [0.2, 0.25) is 0 Å². The van der Waals surface area contributed by atoms with Crippen molar-refractivity contribution in [2.45, 2.75) is 39.7 Å². The quantitative estimate of drug-likeness (QED) is 0.912. The molecule has 2 aromatic rings. The van der Waals surface area contributed by atoms with Gasteiger partial charge in [-0.15, -0.1) is 0 Å². The number of rotatable bonds is 4. The molecule has 2 N–H and O–H groups in total. The Morgan fingerprint density at radius 3 is 2.21 bits per heavy atom. The number of nitrogens with two attached hydrogens (primary N) is 1. The van der Waals surface area contributed by atoms with Gasteiger partial charge in [0.05, 0.1) is 6.04 Å². The first-order valence-corrected chi connectivity index (χ1v) is 6.68. The van der Waals surface area contributed by atoms with Crippen molar-refractivity contribution in [3.05, 3.63) is 35.7 Å². The van der Waals surface area contributed by atoms with Gasteiger partial charge in [0.25, 0.3) is 0 Å². The highest BCUT2D eigenvalue weighted by atomic mass is 16.5. The van der Waals surface area contributed by atoms with Crippen molar-refractivity contribution in [1.29, 1.82) is 0 Å².